The van der Waals surface area contributed by atoms with Gasteiger partial charge in [-0.15, -0.1) is 10.2 Å². The number of benzene rings is 1. The van der Waals surface area contributed by atoms with Crippen LogP contribution in [0, 0.1) is 0 Å². The Hall–Kier alpha value is -1.95. The molecule has 6 heteroatoms. The number of aromatic nitrogens is 4. The van der Waals surface area contributed by atoms with Gasteiger partial charge < -0.3 is 9.84 Å². The third-order valence-corrected chi connectivity index (χ3v) is 3.57. The molecule has 2 atom stereocenters. The molecule has 0 bridgehead atoms. The molecule has 0 spiro atoms. The van der Waals surface area contributed by atoms with Gasteiger partial charge in [-0.2, -0.15) is 4.80 Å². The maximum atomic E-state index is 8.86. The number of hydrogen-bond acceptors (Lipinski definition) is 5. The molecule has 0 amide bonds. The van der Waals surface area contributed by atoms with Gasteiger partial charge in [-0.05, 0) is 28.8 Å². The second-order valence-electron chi connectivity index (χ2n) is 4.82. The highest BCUT2D eigenvalue weighted by Gasteiger charge is 2.20. The molecule has 0 saturated heterocycles. The molecular weight excluding hydrogens is 256 g/mol. The summed E-state index contributed by atoms with van der Waals surface area (Å²) >= 11 is 0. The van der Waals surface area contributed by atoms with E-state index in [2.05, 4.69) is 41.4 Å². The molecule has 0 saturated carbocycles. The number of hydrogen-bond donors (Lipinski definition) is 1. The van der Waals surface area contributed by atoms with Crippen molar-refractivity contribution in [3.63, 3.8) is 0 Å². The highest BCUT2D eigenvalue weighted by molar-refractivity contribution is 5.30. The topological polar surface area (TPSA) is 73.1 Å². The Balaban J connectivity index is 2.11. The van der Waals surface area contributed by atoms with E-state index in [1.165, 1.54) is 10.4 Å². The van der Waals surface area contributed by atoms with Crippen LogP contribution in [0.1, 0.15) is 37.1 Å². The van der Waals surface area contributed by atoms with Crippen LogP contribution in [-0.4, -0.2) is 39.0 Å². The monoisotopic (exact) mass is 276 g/mol. The lowest BCUT2D eigenvalue weighted by atomic mass is 9.88. The lowest BCUT2D eigenvalue weighted by Crippen LogP contribution is -2.09. The third-order valence-electron chi connectivity index (χ3n) is 3.57. The van der Waals surface area contributed by atoms with Crippen molar-refractivity contribution in [2.75, 3.05) is 13.7 Å². The summed E-state index contributed by atoms with van der Waals surface area (Å²) in [6, 6.07) is 8.01. The lowest BCUT2D eigenvalue weighted by Gasteiger charge is -2.17. The molecular formula is C14H20N4O2. The van der Waals surface area contributed by atoms with E-state index in [0.717, 1.165) is 5.75 Å². The van der Waals surface area contributed by atoms with E-state index in [-0.39, 0.29) is 18.4 Å². The maximum absolute atomic E-state index is 8.86. The molecule has 1 N–H and O–H groups in total. The predicted octanol–water partition coefficient (Wildman–Crippen LogP) is 1.58. The smallest absolute Gasteiger partial charge is 0.178 e. The number of nitrogens with zero attached hydrogens (tertiary/aromatic N) is 4. The van der Waals surface area contributed by atoms with E-state index in [0.29, 0.717) is 12.4 Å². The Kier molecular flexibility index (Phi) is 4.68. The van der Waals surface area contributed by atoms with E-state index >= 15 is 0 Å². The third kappa shape index (κ3) is 3.14. The van der Waals surface area contributed by atoms with E-state index in [1.54, 1.807) is 7.11 Å². The summed E-state index contributed by atoms with van der Waals surface area (Å²) in [6.45, 7) is 4.60. The molecule has 108 valence electrons. The molecule has 0 aliphatic carbocycles. The van der Waals surface area contributed by atoms with Crippen molar-refractivity contribution >= 4 is 0 Å². The van der Waals surface area contributed by atoms with Crippen LogP contribution in [0.5, 0.6) is 5.75 Å². The molecule has 0 aliphatic rings. The summed E-state index contributed by atoms with van der Waals surface area (Å²) < 4.78 is 5.16. The number of aliphatic hydroxyl groups excluding tert-OH is 1. The highest BCUT2D eigenvalue weighted by atomic mass is 16.5. The minimum atomic E-state index is 0.0121. The molecule has 1 aromatic carbocycles. The molecule has 1 heterocycles. The minimum Gasteiger partial charge on any atom is -0.497 e. The SMILES string of the molecule is COc1ccc([C@@H](C)[C@H](C)c2nnn(CCO)n2)cc1. The Morgan fingerprint density at radius 3 is 2.50 bits per heavy atom. The molecule has 0 radical (unpaired) electrons. The van der Waals surface area contributed by atoms with Crippen LogP contribution in [0.3, 0.4) is 0 Å². The minimum absolute atomic E-state index is 0.0121. The van der Waals surface area contributed by atoms with Crippen molar-refractivity contribution in [3.8, 4) is 5.75 Å². The highest BCUT2D eigenvalue weighted by Crippen LogP contribution is 2.30. The quantitative estimate of drug-likeness (QED) is 0.867. The van der Waals surface area contributed by atoms with Gasteiger partial charge in [-0.25, -0.2) is 0 Å². The Labute approximate surface area is 118 Å². The zero-order chi connectivity index (χ0) is 14.5. The summed E-state index contributed by atoms with van der Waals surface area (Å²) in [7, 11) is 1.66. The molecule has 6 nitrogen and oxygen atoms in total. The largest absolute Gasteiger partial charge is 0.497 e. The Morgan fingerprint density at radius 1 is 1.20 bits per heavy atom. The summed E-state index contributed by atoms with van der Waals surface area (Å²) in [4.78, 5) is 1.42. The first kappa shape index (κ1) is 14.5. The van der Waals surface area contributed by atoms with Crippen LogP contribution in [-0.2, 0) is 6.54 Å². The summed E-state index contributed by atoms with van der Waals surface area (Å²) in [5.41, 5.74) is 1.21. The number of rotatable bonds is 6. The van der Waals surface area contributed by atoms with Crippen molar-refractivity contribution in [2.24, 2.45) is 0 Å². The normalized spacial score (nSPS) is 14.0. The van der Waals surface area contributed by atoms with E-state index < -0.39 is 0 Å². The van der Waals surface area contributed by atoms with Crippen LogP contribution in [0.15, 0.2) is 24.3 Å². The van der Waals surface area contributed by atoms with Gasteiger partial charge in [0.15, 0.2) is 5.82 Å². The summed E-state index contributed by atoms with van der Waals surface area (Å²) in [5, 5.41) is 21.1. The number of aliphatic hydroxyl groups is 1. The second-order valence-corrected chi connectivity index (χ2v) is 4.82. The predicted molar refractivity (Wildman–Crippen MR) is 74.7 cm³/mol. The molecule has 2 rings (SSSR count). The summed E-state index contributed by atoms with van der Waals surface area (Å²) in [5.74, 6) is 1.96. The van der Waals surface area contributed by atoms with Crippen molar-refractivity contribution < 1.29 is 9.84 Å². The molecule has 2 aromatic rings. The van der Waals surface area contributed by atoms with Crippen LogP contribution in [0.4, 0.5) is 0 Å². The van der Waals surface area contributed by atoms with Gasteiger partial charge >= 0.3 is 0 Å². The maximum Gasteiger partial charge on any atom is 0.178 e. The van der Waals surface area contributed by atoms with E-state index in [9.17, 15) is 0 Å². The fraction of sp³-hybridized carbons (Fsp3) is 0.500. The zero-order valence-electron chi connectivity index (χ0n) is 12.0. The van der Waals surface area contributed by atoms with Crippen molar-refractivity contribution in [2.45, 2.75) is 32.2 Å². The van der Waals surface area contributed by atoms with Gasteiger partial charge in [0.2, 0.25) is 0 Å². The van der Waals surface area contributed by atoms with Gasteiger partial charge in [-0.3, -0.25) is 0 Å². The average molecular weight is 276 g/mol. The van der Waals surface area contributed by atoms with E-state index in [1.807, 2.05) is 12.1 Å². The Bertz CT molecular complexity index is 538. The molecule has 0 aliphatic heterocycles. The second kappa shape index (κ2) is 6.47. The molecule has 0 fully saturated rings. The van der Waals surface area contributed by atoms with Gasteiger partial charge in [0, 0.05) is 5.92 Å². The fourth-order valence-electron chi connectivity index (χ4n) is 2.04. The van der Waals surface area contributed by atoms with Gasteiger partial charge in [-0.1, -0.05) is 26.0 Å². The first-order valence-electron chi connectivity index (χ1n) is 6.68. The molecule has 0 unspecified atom stereocenters. The number of ether oxygens (including phenoxy) is 1. The first-order valence-corrected chi connectivity index (χ1v) is 6.68. The van der Waals surface area contributed by atoms with Crippen LogP contribution in [0.25, 0.3) is 0 Å². The van der Waals surface area contributed by atoms with Crippen molar-refractivity contribution in [1.29, 1.82) is 0 Å². The molecule has 20 heavy (non-hydrogen) atoms. The fourth-order valence-corrected chi connectivity index (χ4v) is 2.04. The number of tetrazole rings is 1. The zero-order valence-corrected chi connectivity index (χ0v) is 12.0. The van der Waals surface area contributed by atoms with Gasteiger partial charge in [0.25, 0.3) is 0 Å². The van der Waals surface area contributed by atoms with Crippen molar-refractivity contribution in [3.05, 3.63) is 35.7 Å². The van der Waals surface area contributed by atoms with Gasteiger partial charge in [0.1, 0.15) is 5.75 Å². The number of methoxy groups -OCH3 is 1. The summed E-state index contributed by atoms with van der Waals surface area (Å²) in [6.07, 6.45) is 0. The Morgan fingerprint density at radius 2 is 1.90 bits per heavy atom. The standard InChI is InChI=1S/C14H20N4O2/c1-10(12-4-6-13(20-3)7-5-12)11(2)14-15-17-18(16-14)8-9-19/h4-7,10-11,19H,8-9H2,1-3H3/t10-,11-/m0/s1. The lowest BCUT2D eigenvalue weighted by molar-refractivity contribution is 0.259. The van der Waals surface area contributed by atoms with Crippen LogP contribution >= 0.6 is 0 Å². The van der Waals surface area contributed by atoms with Crippen LogP contribution in [0.2, 0.25) is 0 Å². The van der Waals surface area contributed by atoms with E-state index in [4.69, 9.17) is 9.84 Å². The molecule has 1 aromatic heterocycles. The van der Waals surface area contributed by atoms with Gasteiger partial charge in [0.05, 0.1) is 20.3 Å². The average Bonchev–Trinajstić information content (AvgIpc) is 2.95. The van der Waals surface area contributed by atoms with Crippen molar-refractivity contribution in [1.82, 2.24) is 20.2 Å². The first-order chi connectivity index (χ1) is 9.65. The van der Waals surface area contributed by atoms with Crippen LogP contribution < -0.4 is 4.74 Å².